The van der Waals surface area contributed by atoms with E-state index in [0.29, 0.717) is 22.5 Å². The summed E-state index contributed by atoms with van der Waals surface area (Å²) in [4.78, 5) is 34.9. The van der Waals surface area contributed by atoms with Gasteiger partial charge in [-0.2, -0.15) is 0 Å². The van der Waals surface area contributed by atoms with Crippen molar-refractivity contribution in [1.82, 2.24) is 20.6 Å². The molecule has 0 unspecified atom stereocenters. The van der Waals surface area contributed by atoms with Gasteiger partial charge in [0, 0.05) is 34.3 Å². The van der Waals surface area contributed by atoms with Crippen LogP contribution in [0.15, 0.2) is 84.2 Å². The van der Waals surface area contributed by atoms with Crippen molar-refractivity contribution < 1.29 is 9.59 Å². The summed E-state index contributed by atoms with van der Waals surface area (Å²) < 4.78 is 0. The molecule has 2 aliphatic rings. The van der Waals surface area contributed by atoms with Gasteiger partial charge in [0.05, 0.1) is 33.6 Å². The van der Waals surface area contributed by atoms with Crippen LogP contribution in [-0.4, -0.2) is 21.8 Å². The Hall–Kier alpha value is -4.32. The average Bonchev–Trinajstić information content (AvgIpc) is 3.31. The van der Waals surface area contributed by atoms with Crippen molar-refractivity contribution in [3.05, 3.63) is 95.3 Å². The van der Waals surface area contributed by atoms with E-state index in [9.17, 15) is 9.59 Å². The number of aromatic nitrogens is 2. The summed E-state index contributed by atoms with van der Waals surface area (Å²) in [6, 6.07) is 19.0. The first kappa shape index (κ1) is 16.6. The van der Waals surface area contributed by atoms with Crippen molar-refractivity contribution >= 4 is 45.0 Å². The molecular formula is C24H14N4O2. The number of amides is 2. The third-order valence-corrected chi connectivity index (χ3v) is 5.49. The minimum absolute atomic E-state index is 0.311. The van der Waals surface area contributed by atoms with E-state index in [0.717, 1.165) is 32.9 Å². The molecule has 2 aliphatic heterocycles. The van der Waals surface area contributed by atoms with Gasteiger partial charge in [-0.05, 0) is 12.1 Å². The largest absolute Gasteiger partial charge is 0.321 e. The van der Waals surface area contributed by atoms with Gasteiger partial charge in [0.2, 0.25) is 0 Å². The minimum atomic E-state index is -0.311. The van der Waals surface area contributed by atoms with Crippen LogP contribution in [-0.2, 0) is 9.59 Å². The van der Waals surface area contributed by atoms with Gasteiger partial charge in [0.25, 0.3) is 11.8 Å². The second-order valence-electron chi connectivity index (χ2n) is 7.17. The monoisotopic (exact) mass is 390 g/mol. The fraction of sp³-hybridized carbons (Fsp3) is 0. The fourth-order valence-electron chi connectivity index (χ4n) is 4.20. The zero-order valence-electron chi connectivity index (χ0n) is 15.6. The molecule has 0 atom stereocenters. The molecule has 4 aromatic rings. The van der Waals surface area contributed by atoms with Crippen LogP contribution in [0.3, 0.4) is 0 Å². The van der Waals surface area contributed by atoms with Crippen LogP contribution in [0.25, 0.3) is 33.2 Å². The van der Waals surface area contributed by atoms with Crippen molar-refractivity contribution in [1.29, 1.82) is 0 Å². The van der Waals surface area contributed by atoms with Crippen molar-refractivity contribution in [3.63, 3.8) is 0 Å². The first-order valence-electron chi connectivity index (χ1n) is 9.52. The van der Waals surface area contributed by atoms with Gasteiger partial charge in [-0.15, -0.1) is 0 Å². The molecule has 2 amide bonds. The summed E-state index contributed by atoms with van der Waals surface area (Å²) >= 11 is 0. The van der Waals surface area contributed by atoms with Crippen molar-refractivity contribution in [2.75, 3.05) is 0 Å². The zero-order valence-corrected chi connectivity index (χ0v) is 15.6. The highest BCUT2D eigenvalue weighted by Crippen LogP contribution is 2.39. The van der Waals surface area contributed by atoms with E-state index >= 15 is 0 Å². The Morgan fingerprint density at radius 1 is 0.567 bits per heavy atom. The maximum absolute atomic E-state index is 13.0. The molecule has 30 heavy (non-hydrogen) atoms. The highest BCUT2D eigenvalue weighted by atomic mass is 16.2. The van der Waals surface area contributed by atoms with E-state index in [1.165, 1.54) is 0 Å². The molecule has 6 nitrogen and oxygen atoms in total. The molecule has 4 heterocycles. The van der Waals surface area contributed by atoms with E-state index in [4.69, 9.17) is 0 Å². The average molecular weight is 390 g/mol. The summed E-state index contributed by atoms with van der Waals surface area (Å²) in [5.41, 5.74) is 4.58. The molecule has 2 aromatic heterocycles. The Labute approximate surface area is 171 Å². The number of pyridine rings is 2. The SMILES string of the molecule is O=C1NC(c2cccc3cccnc23)=C2C(=O)NC(c3cccc4cccnc34)=C12. The lowest BCUT2D eigenvalue weighted by molar-refractivity contribution is -0.117. The first-order valence-corrected chi connectivity index (χ1v) is 9.52. The second-order valence-corrected chi connectivity index (χ2v) is 7.17. The molecule has 142 valence electrons. The third-order valence-electron chi connectivity index (χ3n) is 5.49. The van der Waals surface area contributed by atoms with E-state index in [2.05, 4.69) is 20.6 Å². The van der Waals surface area contributed by atoms with Gasteiger partial charge in [-0.25, -0.2) is 0 Å². The lowest BCUT2D eigenvalue weighted by Crippen LogP contribution is -2.21. The number of nitrogens with zero attached hydrogens (tertiary/aromatic N) is 2. The number of hydrogen-bond donors (Lipinski definition) is 2. The van der Waals surface area contributed by atoms with Crippen LogP contribution < -0.4 is 10.6 Å². The highest BCUT2D eigenvalue weighted by Gasteiger charge is 2.41. The van der Waals surface area contributed by atoms with Crippen LogP contribution in [0, 0.1) is 0 Å². The lowest BCUT2D eigenvalue weighted by Gasteiger charge is -2.10. The summed E-state index contributed by atoms with van der Waals surface area (Å²) in [6.07, 6.45) is 3.40. The number of benzene rings is 2. The molecule has 0 fully saturated rings. The van der Waals surface area contributed by atoms with E-state index in [1.54, 1.807) is 12.4 Å². The maximum atomic E-state index is 13.0. The van der Waals surface area contributed by atoms with Gasteiger partial charge in [0.1, 0.15) is 0 Å². The molecule has 0 spiro atoms. The van der Waals surface area contributed by atoms with E-state index < -0.39 is 0 Å². The summed E-state index contributed by atoms with van der Waals surface area (Å²) in [7, 11) is 0. The molecule has 0 bridgehead atoms. The van der Waals surface area contributed by atoms with Gasteiger partial charge >= 0.3 is 0 Å². The van der Waals surface area contributed by atoms with E-state index in [-0.39, 0.29) is 11.8 Å². The predicted molar refractivity (Wildman–Crippen MR) is 114 cm³/mol. The third kappa shape index (κ3) is 2.24. The Morgan fingerprint density at radius 2 is 1.00 bits per heavy atom. The lowest BCUT2D eigenvalue weighted by atomic mass is 9.99. The van der Waals surface area contributed by atoms with Gasteiger partial charge in [0.15, 0.2) is 0 Å². The molecule has 6 rings (SSSR count). The molecular weight excluding hydrogens is 376 g/mol. The van der Waals surface area contributed by atoms with Gasteiger partial charge < -0.3 is 10.6 Å². The Bertz CT molecular complexity index is 1360. The predicted octanol–water partition coefficient (Wildman–Crippen LogP) is 3.17. The highest BCUT2D eigenvalue weighted by molar-refractivity contribution is 6.31. The smallest absolute Gasteiger partial charge is 0.258 e. The topological polar surface area (TPSA) is 84.0 Å². The number of carbonyl (C=O) groups is 2. The molecule has 0 saturated heterocycles. The number of para-hydroxylation sites is 2. The Morgan fingerprint density at radius 3 is 1.47 bits per heavy atom. The van der Waals surface area contributed by atoms with Crippen molar-refractivity contribution in [2.24, 2.45) is 0 Å². The second kappa shape index (κ2) is 6.09. The normalized spacial score (nSPS) is 15.7. The van der Waals surface area contributed by atoms with Crippen LogP contribution in [0.5, 0.6) is 0 Å². The molecule has 0 radical (unpaired) electrons. The number of fused-ring (bicyclic) bond motifs is 3. The number of hydrogen-bond acceptors (Lipinski definition) is 4. The summed E-state index contributed by atoms with van der Waals surface area (Å²) in [5, 5.41) is 7.68. The van der Waals surface area contributed by atoms with Gasteiger partial charge in [-0.3, -0.25) is 19.6 Å². The van der Waals surface area contributed by atoms with Crippen molar-refractivity contribution in [2.45, 2.75) is 0 Å². The Balaban J connectivity index is 1.63. The standard InChI is InChI=1S/C24H14N4O2/c29-23-17-18(22(28-23)16-10-2-6-14-8-4-12-26-20(14)16)24(30)27-21(17)15-9-1-5-13-7-3-11-25-19(13)15/h1-12H,(H,27,30)(H,28,29). The molecule has 2 aromatic carbocycles. The van der Waals surface area contributed by atoms with Crippen molar-refractivity contribution in [3.8, 4) is 0 Å². The quantitative estimate of drug-likeness (QED) is 0.551. The molecule has 0 saturated carbocycles. The zero-order chi connectivity index (χ0) is 20.2. The summed E-state index contributed by atoms with van der Waals surface area (Å²) in [5.74, 6) is -0.622. The molecule has 0 aliphatic carbocycles. The Kier molecular flexibility index (Phi) is 3.37. The fourth-order valence-corrected chi connectivity index (χ4v) is 4.20. The molecule has 6 heteroatoms. The first-order chi connectivity index (χ1) is 14.7. The van der Waals surface area contributed by atoms with Crippen LogP contribution in [0.4, 0.5) is 0 Å². The number of nitrogens with one attached hydrogen (secondary N) is 2. The van der Waals surface area contributed by atoms with E-state index in [1.807, 2.05) is 60.7 Å². The number of carbonyl (C=O) groups excluding carboxylic acids is 2. The summed E-state index contributed by atoms with van der Waals surface area (Å²) in [6.45, 7) is 0. The van der Waals surface area contributed by atoms with Crippen LogP contribution in [0.2, 0.25) is 0 Å². The molecule has 2 N–H and O–H groups in total. The number of rotatable bonds is 2. The van der Waals surface area contributed by atoms with Crippen LogP contribution in [0.1, 0.15) is 11.1 Å². The minimum Gasteiger partial charge on any atom is -0.321 e. The van der Waals surface area contributed by atoms with Crippen LogP contribution >= 0.6 is 0 Å². The maximum Gasteiger partial charge on any atom is 0.258 e. The van der Waals surface area contributed by atoms with Gasteiger partial charge in [-0.1, -0.05) is 48.5 Å².